The van der Waals surface area contributed by atoms with Gasteiger partial charge >= 0.3 is 0 Å². The lowest BCUT2D eigenvalue weighted by molar-refractivity contribution is -0.116. The number of aryl methyl sites for hydroxylation is 1. The fourth-order valence-corrected chi connectivity index (χ4v) is 3.11. The first-order valence-electron chi connectivity index (χ1n) is 7.15. The highest BCUT2D eigenvalue weighted by Crippen LogP contribution is 2.25. The van der Waals surface area contributed by atoms with Crippen molar-refractivity contribution in [1.29, 1.82) is 0 Å². The minimum atomic E-state index is -0.352. The van der Waals surface area contributed by atoms with Crippen LogP contribution in [0, 0.1) is 6.92 Å². The van der Waals surface area contributed by atoms with Crippen molar-refractivity contribution in [2.45, 2.75) is 13.5 Å². The standard InChI is InChI=1S/C17H13BrClN3O2/c1-10-3-2-4-12-16(10)20-9-22(17(12)24)8-15(23)21-14-6-5-11(18)7-13(14)19/h2-7,9H,8H2,1H3,(H,21,23). The summed E-state index contributed by atoms with van der Waals surface area (Å²) in [5.74, 6) is -0.352. The molecule has 0 unspecified atom stereocenters. The summed E-state index contributed by atoms with van der Waals surface area (Å²) in [6.45, 7) is 1.75. The Bertz CT molecular complexity index is 1000. The number of hydrogen-bond donors (Lipinski definition) is 1. The van der Waals surface area contributed by atoms with Crippen LogP contribution in [-0.4, -0.2) is 15.5 Å². The van der Waals surface area contributed by atoms with Crippen molar-refractivity contribution in [3.8, 4) is 0 Å². The normalized spacial score (nSPS) is 10.8. The van der Waals surface area contributed by atoms with Gasteiger partial charge in [0.1, 0.15) is 6.54 Å². The number of carbonyl (C=O) groups is 1. The van der Waals surface area contributed by atoms with E-state index in [1.165, 1.54) is 10.9 Å². The average molecular weight is 407 g/mol. The second-order valence-corrected chi connectivity index (χ2v) is 6.64. The zero-order chi connectivity index (χ0) is 17.3. The molecule has 1 heterocycles. The summed E-state index contributed by atoms with van der Waals surface area (Å²) < 4.78 is 2.10. The van der Waals surface area contributed by atoms with Crippen molar-refractivity contribution in [1.82, 2.24) is 9.55 Å². The van der Waals surface area contributed by atoms with E-state index in [9.17, 15) is 9.59 Å². The maximum absolute atomic E-state index is 12.5. The highest BCUT2D eigenvalue weighted by molar-refractivity contribution is 9.10. The number of rotatable bonds is 3. The number of nitrogens with zero attached hydrogens (tertiary/aromatic N) is 2. The van der Waals surface area contributed by atoms with E-state index < -0.39 is 0 Å². The van der Waals surface area contributed by atoms with Crippen LogP contribution in [-0.2, 0) is 11.3 Å². The van der Waals surface area contributed by atoms with Crippen LogP contribution >= 0.6 is 27.5 Å². The molecule has 0 aliphatic heterocycles. The van der Waals surface area contributed by atoms with Gasteiger partial charge in [0.05, 0.1) is 27.9 Å². The molecule has 0 aliphatic carbocycles. The summed E-state index contributed by atoms with van der Waals surface area (Å²) >= 11 is 9.38. The van der Waals surface area contributed by atoms with Gasteiger partial charge in [0.15, 0.2) is 0 Å². The topological polar surface area (TPSA) is 64.0 Å². The summed E-state index contributed by atoms with van der Waals surface area (Å²) in [6.07, 6.45) is 1.39. The Labute approximate surface area is 151 Å². The molecule has 122 valence electrons. The molecule has 0 saturated heterocycles. The number of anilines is 1. The lowest BCUT2D eigenvalue weighted by Crippen LogP contribution is -2.28. The van der Waals surface area contributed by atoms with Gasteiger partial charge in [0.2, 0.25) is 5.91 Å². The molecule has 0 aliphatic rings. The molecule has 2 aromatic carbocycles. The van der Waals surface area contributed by atoms with Gasteiger partial charge in [0, 0.05) is 4.47 Å². The molecule has 0 spiro atoms. The van der Waals surface area contributed by atoms with E-state index in [4.69, 9.17) is 11.6 Å². The monoisotopic (exact) mass is 405 g/mol. The van der Waals surface area contributed by atoms with Gasteiger partial charge < -0.3 is 5.32 Å². The van der Waals surface area contributed by atoms with Crippen LogP contribution in [0.1, 0.15) is 5.56 Å². The third-order valence-corrected chi connectivity index (χ3v) is 4.38. The number of nitrogens with one attached hydrogen (secondary N) is 1. The zero-order valence-corrected chi connectivity index (χ0v) is 15.1. The fourth-order valence-electron chi connectivity index (χ4n) is 2.39. The Hall–Kier alpha value is -2.18. The number of amides is 1. The molecule has 1 aromatic heterocycles. The molecule has 0 saturated carbocycles. The van der Waals surface area contributed by atoms with Gasteiger partial charge in [0.25, 0.3) is 5.56 Å². The molecular formula is C17H13BrClN3O2. The fraction of sp³-hybridized carbons (Fsp3) is 0.118. The van der Waals surface area contributed by atoms with Crippen molar-refractivity contribution < 1.29 is 4.79 Å². The van der Waals surface area contributed by atoms with Crippen molar-refractivity contribution in [3.05, 3.63) is 68.1 Å². The lowest BCUT2D eigenvalue weighted by atomic mass is 10.1. The number of benzene rings is 2. The molecule has 7 heteroatoms. The molecule has 0 bridgehead atoms. The van der Waals surface area contributed by atoms with E-state index in [-0.39, 0.29) is 18.0 Å². The molecule has 1 N–H and O–H groups in total. The van der Waals surface area contributed by atoms with Gasteiger partial charge in [-0.15, -0.1) is 0 Å². The summed E-state index contributed by atoms with van der Waals surface area (Å²) in [5, 5.41) is 3.60. The summed E-state index contributed by atoms with van der Waals surface area (Å²) in [6, 6.07) is 10.5. The second-order valence-electron chi connectivity index (χ2n) is 5.32. The molecule has 24 heavy (non-hydrogen) atoms. The van der Waals surface area contributed by atoms with E-state index in [1.807, 2.05) is 13.0 Å². The highest BCUT2D eigenvalue weighted by atomic mass is 79.9. The first kappa shape index (κ1) is 16.7. The van der Waals surface area contributed by atoms with Crippen molar-refractivity contribution in [3.63, 3.8) is 0 Å². The minimum Gasteiger partial charge on any atom is -0.323 e. The molecule has 0 fully saturated rings. The molecule has 3 rings (SSSR count). The number of para-hydroxylation sites is 1. The first-order chi connectivity index (χ1) is 11.5. The number of aromatic nitrogens is 2. The van der Waals surface area contributed by atoms with Crippen molar-refractivity contribution >= 4 is 50.0 Å². The average Bonchev–Trinajstić information content (AvgIpc) is 2.53. The van der Waals surface area contributed by atoms with E-state index in [1.54, 1.807) is 30.3 Å². The van der Waals surface area contributed by atoms with Gasteiger partial charge in [-0.05, 0) is 36.8 Å². The summed E-state index contributed by atoms with van der Waals surface area (Å²) in [5.41, 5.74) is 1.81. The van der Waals surface area contributed by atoms with Crippen LogP contribution in [0.25, 0.3) is 10.9 Å². The van der Waals surface area contributed by atoms with E-state index in [0.717, 1.165) is 10.0 Å². The number of fused-ring (bicyclic) bond motifs is 1. The molecule has 5 nitrogen and oxygen atoms in total. The Morgan fingerprint density at radius 2 is 2.12 bits per heavy atom. The largest absolute Gasteiger partial charge is 0.323 e. The Kier molecular flexibility index (Phi) is 4.69. The van der Waals surface area contributed by atoms with Crippen LogP contribution in [0.2, 0.25) is 5.02 Å². The van der Waals surface area contributed by atoms with Gasteiger partial charge in [-0.3, -0.25) is 14.2 Å². The second kappa shape index (κ2) is 6.75. The van der Waals surface area contributed by atoms with E-state index in [0.29, 0.717) is 21.6 Å². The van der Waals surface area contributed by atoms with Crippen molar-refractivity contribution in [2.24, 2.45) is 0 Å². The predicted molar refractivity (Wildman–Crippen MR) is 98.5 cm³/mol. The zero-order valence-electron chi connectivity index (χ0n) is 12.7. The quantitative estimate of drug-likeness (QED) is 0.720. The van der Waals surface area contributed by atoms with E-state index in [2.05, 4.69) is 26.2 Å². The first-order valence-corrected chi connectivity index (χ1v) is 8.32. The molecule has 0 atom stereocenters. The summed E-state index contributed by atoms with van der Waals surface area (Å²) in [7, 11) is 0. The maximum atomic E-state index is 12.5. The van der Waals surface area contributed by atoms with Crippen molar-refractivity contribution in [2.75, 3.05) is 5.32 Å². The van der Waals surface area contributed by atoms with E-state index >= 15 is 0 Å². The van der Waals surface area contributed by atoms with Crippen LogP contribution in [0.4, 0.5) is 5.69 Å². The predicted octanol–water partition coefficient (Wildman–Crippen LogP) is 3.76. The number of halogens is 2. The Morgan fingerprint density at radius 1 is 1.33 bits per heavy atom. The smallest absolute Gasteiger partial charge is 0.261 e. The molecule has 3 aromatic rings. The molecular weight excluding hydrogens is 394 g/mol. The lowest BCUT2D eigenvalue weighted by Gasteiger charge is -2.10. The number of hydrogen-bond acceptors (Lipinski definition) is 3. The number of carbonyl (C=O) groups excluding carboxylic acids is 1. The van der Waals surface area contributed by atoms with Gasteiger partial charge in [-0.2, -0.15) is 0 Å². The van der Waals surface area contributed by atoms with Crippen LogP contribution in [0.5, 0.6) is 0 Å². The van der Waals surface area contributed by atoms with Gasteiger partial charge in [-0.25, -0.2) is 4.98 Å². The Morgan fingerprint density at radius 3 is 2.88 bits per heavy atom. The van der Waals surface area contributed by atoms with Gasteiger partial charge in [-0.1, -0.05) is 39.7 Å². The summed E-state index contributed by atoms with van der Waals surface area (Å²) in [4.78, 5) is 29.0. The maximum Gasteiger partial charge on any atom is 0.261 e. The minimum absolute atomic E-state index is 0.137. The highest BCUT2D eigenvalue weighted by Gasteiger charge is 2.11. The molecule has 0 radical (unpaired) electrons. The molecule has 1 amide bonds. The third kappa shape index (κ3) is 3.34. The Balaban J connectivity index is 1.86. The van der Waals surface area contributed by atoms with Crippen LogP contribution < -0.4 is 10.9 Å². The third-order valence-electron chi connectivity index (χ3n) is 3.57. The SMILES string of the molecule is Cc1cccc2c(=O)n(CC(=O)Nc3ccc(Br)cc3Cl)cnc12. The van der Waals surface area contributed by atoms with Crippen LogP contribution in [0.15, 0.2) is 52.0 Å². The van der Waals surface area contributed by atoms with Crippen LogP contribution in [0.3, 0.4) is 0 Å².